The number of nitriles is 1. The van der Waals surface area contributed by atoms with Crippen LogP contribution >= 0.6 is 0 Å². The maximum Gasteiger partial charge on any atom is 0.129 e. The maximum absolute atomic E-state index is 8.07. The first kappa shape index (κ1) is 5.83. The Kier molecular flexibility index (Phi) is 2.53. The van der Waals surface area contributed by atoms with Crippen LogP contribution in [0.1, 0.15) is 0 Å². The highest BCUT2D eigenvalue weighted by Gasteiger charge is 1.80. The lowest BCUT2D eigenvalue weighted by Gasteiger charge is -1.87. The van der Waals surface area contributed by atoms with E-state index in [-0.39, 0.29) is 0 Å². The first-order chi connectivity index (χ1) is 3.35. The van der Waals surface area contributed by atoms with Gasteiger partial charge in [0.25, 0.3) is 0 Å². The van der Waals surface area contributed by atoms with Crippen LogP contribution in [0.5, 0.6) is 0 Å². The largest absolute Gasteiger partial charge is 0.402 e. The molecular weight excluding hydrogens is 90.1 g/mol. The number of nitrogens with two attached hydrogens (primary N) is 1. The molecule has 0 fully saturated rings. The minimum absolute atomic E-state index is 0.389. The standard InChI is InChI=1S/C4H7N3/c1-7-4(2-5)3-6/h2,7H,5H2,1H3/b4-2-. The molecule has 0 spiro atoms. The van der Waals surface area contributed by atoms with E-state index < -0.39 is 0 Å². The van der Waals surface area contributed by atoms with E-state index in [0.717, 1.165) is 0 Å². The van der Waals surface area contributed by atoms with Crippen molar-refractivity contribution < 1.29 is 0 Å². The summed E-state index contributed by atoms with van der Waals surface area (Å²) in [5.74, 6) is 0. The molecule has 7 heavy (non-hydrogen) atoms. The second-order valence-corrected chi connectivity index (χ2v) is 0.942. The van der Waals surface area contributed by atoms with Crippen LogP contribution in [-0.4, -0.2) is 7.05 Å². The Hall–Kier alpha value is -1.17. The second kappa shape index (κ2) is 3.04. The zero-order chi connectivity index (χ0) is 5.70. The van der Waals surface area contributed by atoms with Crippen molar-refractivity contribution in [1.29, 1.82) is 5.26 Å². The first-order valence-corrected chi connectivity index (χ1v) is 1.85. The van der Waals surface area contributed by atoms with Gasteiger partial charge >= 0.3 is 0 Å². The van der Waals surface area contributed by atoms with Gasteiger partial charge in [0, 0.05) is 13.2 Å². The molecule has 0 bridgehead atoms. The summed E-state index contributed by atoms with van der Waals surface area (Å²) in [5, 5.41) is 10.6. The van der Waals surface area contributed by atoms with Crippen molar-refractivity contribution in [2.24, 2.45) is 5.73 Å². The molecule has 0 aromatic carbocycles. The fourth-order valence-corrected chi connectivity index (χ4v) is 0.177. The smallest absolute Gasteiger partial charge is 0.129 e. The van der Waals surface area contributed by atoms with E-state index in [1.165, 1.54) is 6.20 Å². The number of allylic oxidation sites excluding steroid dienone is 1. The van der Waals surface area contributed by atoms with Gasteiger partial charge in [0.15, 0.2) is 0 Å². The van der Waals surface area contributed by atoms with Crippen molar-refractivity contribution in [2.45, 2.75) is 0 Å². The highest BCUT2D eigenvalue weighted by molar-refractivity contribution is 5.15. The van der Waals surface area contributed by atoms with Gasteiger partial charge in [-0.1, -0.05) is 0 Å². The average Bonchev–Trinajstić information content (AvgIpc) is 1.72. The van der Waals surface area contributed by atoms with Crippen molar-refractivity contribution >= 4 is 0 Å². The van der Waals surface area contributed by atoms with Gasteiger partial charge in [-0.15, -0.1) is 0 Å². The van der Waals surface area contributed by atoms with Gasteiger partial charge < -0.3 is 11.1 Å². The molecule has 0 saturated heterocycles. The molecule has 0 heterocycles. The van der Waals surface area contributed by atoms with Crippen LogP contribution in [0.3, 0.4) is 0 Å². The third-order valence-corrected chi connectivity index (χ3v) is 0.556. The topological polar surface area (TPSA) is 61.8 Å². The summed E-state index contributed by atoms with van der Waals surface area (Å²) in [6.45, 7) is 0. The molecule has 0 unspecified atom stereocenters. The van der Waals surface area contributed by atoms with Crippen LogP contribution in [0.15, 0.2) is 11.9 Å². The van der Waals surface area contributed by atoms with E-state index in [4.69, 9.17) is 11.0 Å². The molecule has 0 aliphatic carbocycles. The van der Waals surface area contributed by atoms with E-state index in [0.29, 0.717) is 5.70 Å². The van der Waals surface area contributed by atoms with Crippen LogP contribution in [0.2, 0.25) is 0 Å². The number of nitrogens with zero attached hydrogens (tertiary/aromatic N) is 1. The molecule has 0 amide bonds. The summed E-state index contributed by atoms with van der Waals surface area (Å²) >= 11 is 0. The highest BCUT2D eigenvalue weighted by Crippen LogP contribution is 1.74. The lowest BCUT2D eigenvalue weighted by atomic mass is 10.5. The summed E-state index contributed by atoms with van der Waals surface area (Å²) < 4.78 is 0. The predicted molar refractivity (Wildman–Crippen MR) is 26.9 cm³/mol. The Balaban J connectivity index is 3.68. The number of hydrogen-bond acceptors (Lipinski definition) is 3. The Morgan fingerprint density at radius 3 is 2.57 bits per heavy atom. The van der Waals surface area contributed by atoms with Gasteiger partial charge in [-0.25, -0.2) is 0 Å². The molecule has 3 nitrogen and oxygen atoms in total. The molecule has 0 aromatic heterocycles. The van der Waals surface area contributed by atoms with E-state index in [2.05, 4.69) is 5.32 Å². The van der Waals surface area contributed by atoms with Crippen molar-refractivity contribution in [3.63, 3.8) is 0 Å². The van der Waals surface area contributed by atoms with Crippen molar-refractivity contribution in [1.82, 2.24) is 5.32 Å². The summed E-state index contributed by atoms with van der Waals surface area (Å²) in [6, 6.07) is 1.83. The van der Waals surface area contributed by atoms with Gasteiger partial charge in [0.2, 0.25) is 0 Å². The number of hydrogen-bond donors (Lipinski definition) is 2. The first-order valence-electron chi connectivity index (χ1n) is 1.85. The average molecular weight is 97.1 g/mol. The summed E-state index contributed by atoms with van der Waals surface area (Å²) in [5.41, 5.74) is 5.34. The molecule has 38 valence electrons. The Morgan fingerprint density at radius 2 is 2.57 bits per heavy atom. The molecule has 0 radical (unpaired) electrons. The SMILES string of the molecule is CN/C(C#N)=C\N. The third kappa shape index (κ3) is 1.66. The van der Waals surface area contributed by atoms with Crippen molar-refractivity contribution in [3.8, 4) is 6.07 Å². The monoisotopic (exact) mass is 97.1 g/mol. The lowest BCUT2D eigenvalue weighted by molar-refractivity contribution is 1.03. The van der Waals surface area contributed by atoms with Crippen molar-refractivity contribution in [2.75, 3.05) is 7.05 Å². The molecule has 0 aromatic rings. The molecule has 0 atom stereocenters. The van der Waals surface area contributed by atoms with Crippen LogP contribution in [0, 0.1) is 11.3 Å². The summed E-state index contributed by atoms with van der Waals surface area (Å²) in [4.78, 5) is 0. The fraction of sp³-hybridized carbons (Fsp3) is 0.250. The highest BCUT2D eigenvalue weighted by atomic mass is 14.8. The molecule has 0 saturated carbocycles. The summed E-state index contributed by atoms with van der Waals surface area (Å²) in [7, 11) is 1.64. The van der Waals surface area contributed by atoms with Crippen LogP contribution < -0.4 is 11.1 Å². The summed E-state index contributed by atoms with van der Waals surface area (Å²) in [6.07, 6.45) is 1.22. The lowest BCUT2D eigenvalue weighted by Crippen LogP contribution is -2.04. The molecule has 3 heteroatoms. The molecule has 0 aliphatic heterocycles. The molecule has 0 aliphatic rings. The third-order valence-electron chi connectivity index (χ3n) is 0.556. The van der Waals surface area contributed by atoms with Gasteiger partial charge in [-0.05, 0) is 0 Å². The Bertz CT molecular complexity index is 109. The minimum Gasteiger partial charge on any atom is -0.402 e. The van der Waals surface area contributed by atoms with Gasteiger partial charge in [0.05, 0.1) is 0 Å². The van der Waals surface area contributed by atoms with Crippen LogP contribution in [-0.2, 0) is 0 Å². The van der Waals surface area contributed by atoms with E-state index in [1.54, 1.807) is 7.05 Å². The maximum atomic E-state index is 8.07. The van der Waals surface area contributed by atoms with Gasteiger partial charge in [-0.3, -0.25) is 0 Å². The Labute approximate surface area is 42.4 Å². The van der Waals surface area contributed by atoms with Gasteiger partial charge in [-0.2, -0.15) is 5.26 Å². The van der Waals surface area contributed by atoms with E-state index in [9.17, 15) is 0 Å². The normalized spacial score (nSPS) is 10.0. The fourth-order valence-electron chi connectivity index (χ4n) is 0.177. The van der Waals surface area contributed by atoms with Crippen LogP contribution in [0.25, 0.3) is 0 Å². The molecule has 0 rings (SSSR count). The zero-order valence-electron chi connectivity index (χ0n) is 4.10. The quantitative estimate of drug-likeness (QED) is 0.435. The number of nitrogens with one attached hydrogen (secondary N) is 1. The van der Waals surface area contributed by atoms with E-state index in [1.807, 2.05) is 6.07 Å². The van der Waals surface area contributed by atoms with E-state index >= 15 is 0 Å². The van der Waals surface area contributed by atoms with Gasteiger partial charge in [0.1, 0.15) is 11.8 Å². The Morgan fingerprint density at radius 1 is 2.00 bits per heavy atom. The number of rotatable bonds is 1. The zero-order valence-corrected chi connectivity index (χ0v) is 4.10. The van der Waals surface area contributed by atoms with Crippen LogP contribution in [0.4, 0.5) is 0 Å². The minimum atomic E-state index is 0.389. The molecule has 3 N–H and O–H groups in total. The van der Waals surface area contributed by atoms with Crippen molar-refractivity contribution in [3.05, 3.63) is 11.9 Å². The predicted octanol–water partition coefficient (Wildman–Crippen LogP) is -0.471. The second-order valence-electron chi connectivity index (χ2n) is 0.942. The molecular formula is C4H7N3.